The number of hydrogen-bond donors (Lipinski definition) is 2. The monoisotopic (exact) mass is 335 g/mol. The maximum atomic E-state index is 5.64. The van der Waals surface area contributed by atoms with Crippen LogP contribution in [-0.2, 0) is 6.42 Å². The number of benzene rings is 1. The Kier molecular flexibility index (Phi) is 4.60. The molecule has 118 valence electrons. The Morgan fingerprint density at radius 3 is 2.82 bits per heavy atom. The van der Waals surface area contributed by atoms with E-state index in [1.54, 1.807) is 36.5 Å². The summed E-state index contributed by atoms with van der Waals surface area (Å²) < 4.78 is 0. The Hall–Kier alpha value is -1.65. The Labute approximate surface area is 144 Å². The molecule has 1 aromatic carbocycles. The van der Waals surface area contributed by atoms with Crippen molar-refractivity contribution in [2.24, 2.45) is 5.92 Å². The summed E-state index contributed by atoms with van der Waals surface area (Å²) in [6, 6.07) is 12.4. The molecule has 5 heteroatoms. The zero-order valence-electron chi connectivity index (χ0n) is 12.3. The summed E-state index contributed by atoms with van der Waals surface area (Å²) in [5.74, 6) is 2.69. The first-order chi connectivity index (χ1) is 10.7. The quantitative estimate of drug-likeness (QED) is 0.753. The van der Waals surface area contributed by atoms with Crippen LogP contribution in [0.1, 0.15) is 26.3 Å². The molecule has 1 heterocycles. The summed E-state index contributed by atoms with van der Waals surface area (Å²) in [4.78, 5) is 4.00. The van der Waals surface area contributed by atoms with E-state index in [1.165, 1.54) is 12.8 Å². The van der Waals surface area contributed by atoms with Gasteiger partial charge in [0.05, 0.1) is 5.02 Å². The molecule has 3 nitrogen and oxygen atoms in total. The Morgan fingerprint density at radius 1 is 1.32 bits per heavy atom. The molecule has 2 aromatic rings. The second kappa shape index (κ2) is 6.63. The lowest BCUT2D eigenvalue weighted by atomic mass is 10.1. The first-order valence-corrected chi connectivity index (χ1v) is 8.14. The smallest absolute Gasteiger partial charge is 0.171 e. The van der Waals surface area contributed by atoms with Crippen molar-refractivity contribution in [3.63, 3.8) is 0 Å². The molecular formula is C17H22ClN3S. The predicted molar refractivity (Wildman–Crippen MR) is 99.7 cm³/mol. The number of hydrogen-bond acceptors (Lipinski definition) is 2. The fraction of sp³-hybridized carbons (Fsp3) is 0.294. The number of rotatable bonds is 1. The largest absolute Gasteiger partial charge is 0.365 e. The third-order valence-electron chi connectivity index (χ3n) is 4.06. The lowest BCUT2D eigenvalue weighted by Gasteiger charge is -2.04. The molecule has 0 amide bonds. The highest BCUT2D eigenvalue weighted by Crippen LogP contribution is 2.55. The molecule has 1 fully saturated rings. The summed E-state index contributed by atoms with van der Waals surface area (Å²) in [5.41, 5.74) is 3.26. The van der Waals surface area contributed by atoms with E-state index < -0.39 is 0 Å². The van der Waals surface area contributed by atoms with Crippen LogP contribution in [0.3, 0.4) is 0 Å². The van der Waals surface area contributed by atoms with Crippen molar-refractivity contribution in [2.75, 3.05) is 12.4 Å². The highest BCUT2D eigenvalue weighted by molar-refractivity contribution is 7.80. The van der Waals surface area contributed by atoms with Gasteiger partial charge in [-0.15, -0.1) is 0 Å². The van der Waals surface area contributed by atoms with Crippen molar-refractivity contribution in [2.45, 2.75) is 18.8 Å². The van der Waals surface area contributed by atoms with Gasteiger partial charge in [-0.1, -0.05) is 35.9 Å². The van der Waals surface area contributed by atoms with Crippen molar-refractivity contribution in [3.05, 3.63) is 58.7 Å². The summed E-state index contributed by atoms with van der Waals surface area (Å²) in [7, 11) is 1.74. The van der Waals surface area contributed by atoms with E-state index in [0.29, 0.717) is 16.0 Å². The third-order valence-corrected chi connectivity index (χ3v) is 4.59. The maximum absolute atomic E-state index is 5.64. The molecule has 0 saturated heterocycles. The number of thiocarbonyl (C=S) groups is 1. The molecule has 0 aliphatic heterocycles. The van der Waals surface area contributed by atoms with Crippen LogP contribution in [-0.4, -0.2) is 17.1 Å². The summed E-state index contributed by atoms with van der Waals surface area (Å²) in [5, 5.41) is 6.78. The first-order valence-electron chi connectivity index (χ1n) is 7.35. The predicted octanol–water partition coefficient (Wildman–Crippen LogP) is 4.49. The summed E-state index contributed by atoms with van der Waals surface area (Å²) >= 11 is 10.5. The first kappa shape index (κ1) is 15.3. The van der Waals surface area contributed by atoms with Crippen molar-refractivity contribution < 1.29 is 2.85 Å². The molecule has 22 heavy (non-hydrogen) atoms. The van der Waals surface area contributed by atoms with Crippen LogP contribution in [0.5, 0.6) is 0 Å². The fourth-order valence-electron chi connectivity index (χ4n) is 2.85. The molecule has 1 saturated carbocycles. The number of halogens is 1. The van der Waals surface area contributed by atoms with Crippen LogP contribution >= 0.6 is 23.8 Å². The maximum Gasteiger partial charge on any atom is 0.171 e. The second-order valence-electron chi connectivity index (χ2n) is 5.57. The third kappa shape index (κ3) is 3.57. The topological polar surface area (TPSA) is 37.0 Å². The number of nitrogens with zero attached hydrogens (tertiary/aromatic N) is 1. The van der Waals surface area contributed by atoms with Gasteiger partial charge in [0.1, 0.15) is 5.82 Å². The van der Waals surface area contributed by atoms with Gasteiger partial charge in [0.25, 0.3) is 0 Å². The molecular weight excluding hydrogens is 314 g/mol. The molecule has 1 aromatic heterocycles. The van der Waals surface area contributed by atoms with Gasteiger partial charge >= 0.3 is 0 Å². The van der Waals surface area contributed by atoms with Gasteiger partial charge in [0, 0.05) is 16.1 Å². The molecule has 4 rings (SSSR count). The molecule has 2 N–H and O–H groups in total. The van der Waals surface area contributed by atoms with Gasteiger partial charge in [-0.3, -0.25) is 0 Å². The normalized spacial score (nSPS) is 20.1. The zero-order valence-corrected chi connectivity index (χ0v) is 13.9. The van der Waals surface area contributed by atoms with Gasteiger partial charge < -0.3 is 10.6 Å². The summed E-state index contributed by atoms with van der Waals surface area (Å²) in [6.07, 6.45) is 4.39. The average molecular weight is 336 g/mol. The lowest BCUT2D eigenvalue weighted by molar-refractivity contribution is 0.857. The van der Waals surface area contributed by atoms with Crippen molar-refractivity contribution in [1.29, 1.82) is 0 Å². The van der Waals surface area contributed by atoms with Crippen molar-refractivity contribution in [1.82, 2.24) is 10.3 Å². The molecule has 2 atom stereocenters. The Bertz CT molecular complexity index is 682. The minimum absolute atomic E-state index is 0. The van der Waals surface area contributed by atoms with E-state index in [2.05, 4.69) is 39.9 Å². The molecule has 2 aliphatic rings. The van der Waals surface area contributed by atoms with Crippen LogP contribution in [0.25, 0.3) is 0 Å². The van der Waals surface area contributed by atoms with Gasteiger partial charge in [-0.25, -0.2) is 4.98 Å². The highest BCUT2D eigenvalue weighted by Gasteiger charge is 2.44. The number of fused-ring (bicyclic) bond motifs is 3. The van der Waals surface area contributed by atoms with Crippen LogP contribution in [0, 0.1) is 5.92 Å². The SMILES string of the molecule is CNC(=S)Nc1ccc(Cl)cn1.[HH].[HH].c1ccc2c(c1)C[C@@H]1CC21. The van der Waals surface area contributed by atoms with Crippen LogP contribution in [0.15, 0.2) is 42.6 Å². The van der Waals surface area contributed by atoms with Crippen LogP contribution in [0.2, 0.25) is 5.02 Å². The van der Waals surface area contributed by atoms with E-state index in [9.17, 15) is 0 Å². The standard InChI is InChI=1S/C10H10.C7H8ClN3S.2H2/c1-2-4-9-7(3-1)5-8-6-10(8)9;1-9-7(12)11-6-3-2-5(8)4-10-6;;/h1-4,8,10H,5-6H2;2-4H,1H3,(H2,9,10,11,12);2*1H/t8-,10?;;;/m1.../s1. The summed E-state index contributed by atoms with van der Waals surface area (Å²) in [6.45, 7) is 0. The van der Waals surface area contributed by atoms with Gasteiger partial charge in [-0.05, 0) is 60.2 Å². The molecule has 0 bridgehead atoms. The number of aromatic nitrogens is 1. The number of pyridine rings is 1. The van der Waals surface area contributed by atoms with Crippen molar-refractivity contribution >= 4 is 34.7 Å². The number of anilines is 1. The number of nitrogens with one attached hydrogen (secondary N) is 2. The van der Waals surface area contributed by atoms with Gasteiger partial charge in [0.15, 0.2) is 5.11 Å². The Balaban J connectivity index is 0.000000223. The lowest BCUT2D eigenvalue weighted by Crippen LogP contribution is -2.24. The highest BCUT2D eigenvalue weighted by atomic mass is 35.5. The van der Waals surface area contributed by atoms with E-state index in [1.807, 2.05) is 0 Å². The van der Waals surface area contributed by atoms with E-state index >= 15 is 0 Å². The Morgan fingerprint density at radius 2 is 2.14 bits per heavy atom. The van der Waals surface area contributed by atoms with Gasteiger partial charge in [-0.2, -0.15) is 0 Å². The van der Waals surface area contributed by atoms with E-state index in [0.717, 1.165) is 11.8 Å². The van der Waals surface area contributed by atoms with E-state index in [4.69, 9.17) is 23.8 Å². The second-order valence-corrected chi connectivity index (χ2v) is 6.42. The van der Waals surface area contributed by atoms with Crippen molar-refractivity contribution in [3.8, 4) is 0 Å². The van der Waals surface area contributed by atoms with E-state index in [-0.39, 0.29) is 2.85 Å². The molecule has 1 unspecified atom stereocenters. The average Bonchev–Trinajstić information content (AvgIpc) is 3.22. The van der Waals surface area contributed by atoms with Crippen LogP contribution < -0.4 is 10.6 Å². The fourth-order valence-corrected chi connectivity index (χ4v) is 3.06. The molecule has 2 aliphatic carbocycles. The minimum atomic E-state index is 0. The molecule has 0 spiro atoms. The minimum Gasteiger partial charge on any atom is -0.365 e. The zero-order chi connectivity index (χ0) is 15.5. The van der Waals surface area contributed by atoms with Crippen LogP contribution in [0.4, 0.5) is 5.82 Å². The van der Waals surface area contributed by atoms with Gasteiger partial charge in [0.2, 0.25) is 0 Å². The molecule has 0 radical (unpaired) electrons.